The van der Waals surface area contributed by atoms with Crippen molar-refractivity contribution < 1.29 is 4.74 Å². The molecule has 1 aromatic carbocycles. The third kappa shape index (κ3) is 1.65. The van der Waals surface area contributed by atoms with E-state index >= 15 is 0 Å². The maximum absolute atomic E-state index is 5.15. The Morgan fingerprint density at radius 1 is 1.38 bits per heavy atom. The second-order valence-electron chi connectivity index (χ2n) is 3.07. The van der Waals surface area contributed by atoms with Gasteiger partial charge in [0, 0.05) is 12.1 Å². The molecule has 0 aliphatic carbocycles. The number of hydrogen-bond donors (Lipinski definition) is 1. The number of nitrogens with one attached hydrogen (secondary N) is 1. The Labute approximate surface area is 82.9 Å². The van der Waals surface area contributed by atoms with Gasteiger partial charge in [0.2, 0.25) is 0 Å². The summed E-state index contributed by atoms with van der Waals surface area (Å²) in [4.78, 5) is 0.928. The van der Waals surface area contributed by atoms with Crippen LogP contribution in [0.1, 0.15) is 12.0 Å². The largest absolute Gasteiger partial charge is 0.497 e. The first-order chi connectivity index (χ1) is 6.29. The summed E-state index contributed by atoms with van der Waals surface area (Å²) in [6.07, 6.45) is 1.95. The van der Waals surface area contributed by atoms with Gasteiger partial charge >= 0.3 is 0 Å². The Balaban J connectivity index is 2.36. The van der Waals surface area contributed by atoms with E-state index in [0.29, 0.717) is 0 Å². The number of methoxy groups -OCH3 is 1. The molecule has 1 aromatic rings. The molecule has 1 aliphatic rings. The molecule has 1 heterocycles. The predicted octanol–water partition coefficient (Wildman–Crippen LogP) is 2.38. The molecule has 13 heavy (non-hydrogen) atoms. The first-order valence-electron chi connectivity index (χ1n) is 4.26. The quantitative estimate of drug-likeness (QED) is 0.692. The van der Waals surface area contributed by atoms with Crippen molar-refractivity contribution in [1.29, 1.82) is 0 Å². The van der Waals surface area contributed by atoms with Crippen LogP contribution in [0.5, 0.6) is 5.75 Å². The van der Waals surface area contributed by atoms with Gasteiger partial charge in [-0.2, -0.15) is 0 Å². The maximum Gasteiger partial charge on any atom is 0.119 e. The molecule has 1 aliphatic heterocycles. The number of aryl methyl sites for hydroxylation is 1. The number of anilines is 1. The molecule has 68 valence electrons. The monoisotopic (exact) mass is 193 g/mol. The highest BCUT2D eigenvalue weighted by molar-refractivity contribution is 7.80. The van der Waals surface area contributed by atoms with Gasteiger partial charge in [-0.3, -0.25) is 0 Å². The van der Waals surface area contributed by atoms with Crippen LogP contribution in [0.25, 0.3) is 0 Å². The SMILES string of the molecule is COc1ccc2c(c1)CCC(=S)N2. The summed E-state index contributed by atoms with van der Waals surface area (Å²) in [6.45, 7) is 0. The van der Waals surface area contributed by atoms with E-state index in [-0.39, 0.29) is 0 Å². The summed E-state index contributed by atoms with van der Waals surface area (Å²) in [5.41, 5.74) is 2.41. The third-order valence-corrected chi connectivity index (χ3v) is 2.51. The average molecular weight is 193 g/mol. The molecular formula is C10H11NOS. The van der Waals surface area contributed by atoms with Crippen molar-refractivity contribution in [1.82, 2.24) is 0 Å². The van der Waals surface area contributed by atoms with E-state index in [1.54, 1.807) is 7.11 Å². The second kappa shape index (κ2) is 3.34. The summed E-state index contributed by atoms with van der Waals surface area (Å²) in [5.74, 6) is 0.911. The van der Waals surface area contributed by atoms with Crippen molar-refractivity contribution in [2.45, 2.75) is 12.8 Å². The van der Waals surface area contributed by atoms with Crippen molar-refractivity contribution >= 4 is 22.9 Å². The van der Waals surface area contributed by atoms with Crippen LogP contribution in [-0.2, 0) is 6.42 Å². The van der Waals surface area contributed by atoms with Gasteiger partial charge in [0.25, 0.3) is 0 Å². The van der Waals surface area contributed by atoms with Gasteiger partial charge in [0.15, 0.2) is 0 Å². The van der Waals surface area contributed by atoms with Gasteiger partial charge in [0.1, 0.15) is 5.75 Å². The van der Waals surface area contributed by atoms with Crippen LogP contribution in [0.15, 0.2) is 18.2 Å². The smallest absolute Gasteiger partial charge is 0.119 e. The van der Waals surface area contributed by atoms with Gasteiger partial charge in [-0.05, 0) is 30.2 Å². The standard InChI is InChI=1S/C10H11NOS/c1-12-8-3-4-9-7(6-8)2-5-10(13)11-9/h3-4,6H,2,5H2,1H3,(H,11,13). The molecule has 0 aromatic heterocycles. The summed E-state index contributed by atoms with van der Waals surface area (Å²) < 4.78 is 5.15. The normalized spacial score (nSPS) is 14.7. The molecule has 2 rings (SSSR count). The number of benzene rings is 1. The minimum Gasteiger partial charge on any atom is -0.497 e. The lowest BCUT2D eigenvalue weighted by atomic mass is 10.0. The van der Waals surface area contributed by atoms with Crippen molar-refractivity contribution in [3.8, 4) is 5.75 Å². The Bertz CT molecular complexity index is 349. The van der Waals surface area contributed by atoms with Crippen molar-refractivity contribution in [3.63, 3.8) is 0 Å². The van der Waals surface area contributed by atoms with Crippen molar-refractivity contribution in [2.24, 2.45) is 0 Å². The van der Waals surface area contributed by atoms with Crippen molar-refractivity contribution in [3.05, 3.63) is 23.8 Å². The fraction of sp³-hybridized carbons (Fsp3) is 0.300. The summed E-state index contributed by atoms with van der Waals surface area (Å²) >= 11 is 5.10. The Morgan fingerprint density at radius 2 is 2.23 bits per heavy atom. The molecule has 3 heteroatoms. The topological polar surface area (TPSA) is 21.3 Å². The molecule has 0 unspecified atom stereocenters. The predicted molar refractivity (Wildman–Crippen MR) is 57.5 cm³/mol. The van der Waals surface area contributed by atoms with Crippen LogP contribution in [0.2, 0.25) is 0 Å². The lowest BCUT2D eigenvalue weighted by Crippen LogP contribution is -2.16. The Morgan fingerprint density at radius 3 is 3.00 bits per heavy atom. The molecule has 0 fully saturated rings. The molecule has 0 bridgehead atoms. The number of rotatable bonds is 1. The third-order valence-electron chi connectivity index (χ3n) is 2.21. The van der Waals surface area contributed by atoms with E-state index in [4.69, 9.17) is 17.0 Å². The van der Waals surface area contributed by atoms with Gasteiger partial charge in [0.05, 0.1) is 12.1 Å². The fourth-order valence-corrected chi connectivity index (χ4v) is 1.70. The lowest BCUT2D eigenvalue weighted by Gasteiger charge is -2.18. The summed E-state index contributed by atoms with van der Waals surface area (Å²) in [7, 11) is 1.68. The molecule has 0 atom stereocenters. The molecule has 0 amide bonds. The van der Waals surface area contributed by atoms with Crippen LogP contribution < -0.4 is 10.1 Å². The maximum atomic E-state index is 5.15. The molecule has 0 saturated heterocycles. The summed E-state index contributed by atoms with van der Waals surface area (Å²) in [6, 6.07) is 6.02. The average Bonchev–Trinajstić information content (AvgIpc) is 2.17. The highest BCUT2D eigenvalue weighted by Gasteiger charge is 2.11. The van der Waals surface area contributed by atoms with Gasteiger partial charge < -0.3 is 10.1 Å². The fourth-order valence-electron chi connectivity index (χ4n) is 1.49. The Hall–Kier alpha value is -1.09. The number of fused-ring (bicyclic) bond motifs is 1. The Kier molecular flexibility index (Phi) is 2.19. The van der Waals surface area contributed by atoms with Crippen LogP contribution in [0.3, 0.4) is 0 Å². The second-order valence-corrected chi connectivity index (χ2v) is 3.56. The summed E-state index contributed by atoms with van der Waals surface area (Å²) in [5, 5.41) is 3.19. The molecule has 1 N–H and O–H groups in total. The van der Waals surface area contributed by atoms with Crippen molar-refractivity contribution in [2.75, 3.05) is 12.4 Å². The zero-order valence-electron chi connectivity index (χ0n) is 7.46. The van der Waals surface area contributed by atoms with E-state index in [1.807, 2.05) is 12.1 Å². The highest BCUT2D eigenvalue weighted by Crippen LogP contribution is 2.26. The van der Waals surface area contributed by atoms with Crippen LogP contribution in [-0.4, -0.2) is 12.1 Å². The van der Waals surface area contributed by atoms with Crippen LogP contribution >= 0.6 is 12.2 Å². The van der Waals surface area contributed by atoms with E-state index < -0.39 is 0 Å². The van der Waals surface area contributed by atoms with Gasteiger partial charge in [-0.25, -0.2) is 0 Å². The number of ether oxygens (including phenoxy) is 1. The minimum atomic E-state index is 0.911. The molecule has 0 radical (unpaired) electrons. The lowest BCUT2D eigenvalue weighted by molar-refractivity contribution is 0.414. The van der Waals surface area contributed by atoms with E-state index in [1.165, 1.54) is 5.56 Å². The first-order valence-corrected chi connectivity index (χ1v) is 4.67. The van der Waals surface area contributed by atoms with E-state index in [2.05, 4.69) is 11.4 Å². The zero-order chi connectivity index (χ0) is 9.26. The van der Waals surface area contributed by atoms with Gasteiger partial charge in [-0.15, -0.1) is 0 Å². The first kappa shape index (κ1) is 8.51. The zero-order valence-corrected chi connectivity index (χ0v) is 8.28. The van der Waals surface area contributed by atoms with Crippen LogP contribution in [0, 0.1) is 0 Å². The van der Waals surface area contributed by atoms with Gasteiger partial charge in [-0.1, -0.05) is 12.2 Å². The number of thiocarbonyl (C=S) groups is 1. The molecule has 0 saturated carbocycles. The minimum absolute atomic E-state index is 0.911. The molecule has 0 spiro atoms. The molecular weight excluding hydrogens is 182 g/mol. The van der Waals surface area contributed by atoms with Crippen LogP contribution in [0.4, 0.5) is 5.69 Å². The number of hydrogen-bond acceptors (Lipinski definition) is 2. The van der Waals surface area contributed by atoms with E-state index in [9.17, 15) is 0 Å². The molecule has 2 nitrogen and oxygen atoms in total. The highest BCUT2D eigenvalue weighted by atomic mass is 32.1. The van der Waals surface area contributed by atoms with E-state index in [0.717, 1.165) is 29.3 Å².